The Kier molecular flexibility index (Phi) is 0.971. The van der Waals surface area contributed by atoms with E-state index in [0.717, 1.165) is 0 Å². The predicted molar refractivity (Wildman–Crippen MR) is 27.8 cm³/mol. The molecule has 1 aromatic rings. The second-order valence-electron chi connectivity index (χ2n) is 1.38. The number of nitrogens with zero attached hydrogens (tertiary/aromatic N) is 2. The molecule has 46 valence electrons. The lowest BCUT2D eigenvalue weighted by Crippen LogP contribution is -1.95. The third kappa shape index (κ3) is 0.637. The third-order valence-electron chi connectivity index (χ3n) is 0.834. The second kappa shape index (κ2) is 1.63. The molecule has 0 bridgehead atoms. The fourth-order valence-corrected chi connectivity index (χ4v) is 0.414. The molecule has 0 spiro atoms. The first-order valence-corrected chi connectivity index (χ1v) is 2.10. The summed E-state index contributed by atoms with van der Waals surface area (Å²) in [6.45, 7) is 0. The normalized spacial score (nSPS) is 8.78. The van der Waals surface area contributed by atoms with Crippen molar-refractivity contribution in [3.63, 3.8) is 0 Å². The summed E-state index contributed by atoms with van der Waals surface area (Å²) in [7, 11) is 0. The highest BCUT2D eigenvalue weighted by molar-refractivity contribution is 5.46. The minimum absolute atomic E-state index is 0.264. The fourth-order valence-electron chi connectivity index (χ4n) is 0.414. The Hall–Kier alpha value is -1.77. The number of hydrogen-bond acceptors (Lipinski definition) is 3. The van der Waals surface area contributed by atoms with E-state index in [1.165, 1.54) is 0 Å². The fraction of sp³-hybridized carbons (Fsp3) is 0. The standard InChI is InChI=1S/C3H2N4O2/c4-5-2-1(8)3(9)7-6-2/h4H,(H,7,8,9)/p+1. The highest BCUT2D eigenvalue weighted by atomic mass is 16.3. The van der Waals surface area contributed by atoms with Crippen molar-refractivity contribution in [1.82, 2.24) is 10.2 Å². The number of aromatic hydroxyl groups is 1. The molecule has 1 heterocycles. The minimum Gasteiger partial charge on any atom is -0.496 e. The van der Waals surface area contributed by atoms with Gasteiger partial charge in [0.2, 0.25) is 0 Å². The summed E-state index contributed by atoms with van der Waals surface area (Å²) in [5.41, 5.74) is -0.706. The van der Waals surface area contributed by atoms with Gasteiger partial charge in [0, 0.05) is 4.98 Å². The number of diazo groups is 1. The zero-order valence-electron chi connectivity index (χ0n) is 4.25. The first kappa shape index (κ1) is 5.37. The van der Waals surface area contributed by atoms with Crippen molar-refractivity contribution < 1.29 is 5.11 Å². The molecule has 6 heteroatoms. The van der Waals surface area contributed by atoms with Crippen LogP contribution >= 0.6 is 0 Å². The average molecular weight is 127 g/mol. The summed E-state index contributed by atoms with van der Waals surface area (Å²) in [4.78, 5) is 12.8. The molecular weight excluding hydrogens is 124 g/mol. The summed E-state index contributed by atoms with van der Waals surface area (Å²) >= 11 is 0. The van der Waals surface area contributed by atoms with Gasteiger partial charge in [-0.25, -0.2) is 0 Å². The molecule has 1 rings (SSSR count). The van der Waals surface area contributed by atoms with Gasteiger partial charge < -0.3 is 5.11 Å². The Morgan fingerprint density at radius 3 is 2.44 bits per heavy atom. The van der Waals surface area contributed by atoms with Gasteiger partial charge in [-0.1, -0.05) is 0 Å². The van der Waals surface area contributed by atoms with Gasteiger partial charge in [0.25, 0.3) is 0 Å². The Morgan fingerprint density at radius 2 is 2.22 bits per heavy atom. The topological polar surface area (TPSA) is 97.0 Å². The van der Waals surface area contributed by atoms with E-state index < -0.39 is 11.3 Å². The van der Waals surface area contributed by atoms with Crippen LogP contribution in [0, 0.1) is 5.39 Å². The van der Waals surface area contributed by atoms with Crippen molar-refractivity contribution in [2.45, 2.75) is 0 Å². The van der Waals surface area contributed by atoms with Gasteiger partial charge in [-0.15, -0.1) is 5.10 Å². The number of rotatable bonds is 0. The molecule has 0 unspecified atom stereocenters. The molecule has 0 amide bonds. The van der Waals surface area contributed by atoms with Crippen molar-refractivity contribution in [2.24, 2.45) is 0 Å². The van der Waals surface area contributed by atoms with Crippen molar-refractivity contribution >= 4 is 5.82 Å². The molecule has 9 heavy (non-hydrogen) atoms. The van der Waals surface area contributed by atoms with Crippen LogP contribution < -0.4 is 5.56 Å². The van der Waals surface area contributed by atoms with E-state index in [9.17, 15) is 4.79 Å². The van der Waals surface area contributed by atoms with Crippen LogP contribution in [0.3, 0.4) is 0 Å². The molecule has 0 aliphatic rings. The molecule has 0 aliphatic carbocycles. The molecule has 0 fully saturated rings. The molecule has 6 nitrogen and oxygen atoms in total. The summed E-state index contributed by atoms with van der Waals surface area (Å²) in [6, 6.07) is 0. The lowest BCUT2D eigenvalue weighted by atomic mass is 10.6. The van der Waals surface area contributed by atoms with Gasteiger partial charge >= 0.3 is 17.1 Å². The summed E-state index contributed by atoms with van der Waals surface area (Å²) < 4.78 is 0. The van der Waals surface area contributed by atoms with Crippen LogP contribution in [0.15, 0.2) is 4.79 Å². The van der Waals surface area contributed by atoms with Crippen LogP contribution in [0.4, 0.5) is 5.82 Å². The van der Waals surface area contributed by atoms with Gasteiger partial charge in [0.05, 0.1) is 5.39 Å². The largest absolute Gasteiger partial charge is 0.496 e. The molecule has 3 N–H and O–H groups in total. The number of aromatic amines is 2. The van der Waals surface area contributed by atoms with E-state index in [0.29, 0.717) is 0 Å². The highest BCUT2D eigenvalue weighted by Crippen LogP contribution is 2.15. The Morgan fingerprint density at radius 1 is 1.56 bits per heavy atom. The van der Waals surface area contributed by atoms with Crippen LogP contribution in [-0.4, -0.2) is 15.3 Å². The summed E-state index contributed by atoms with van der Waals surface area (Å²) in [5, 5.41) is 20.7. The number of aromatic nitrogens is 2. The van der Waals surface area contributed by atoms with Crippen LogP contribution in [0.1, 0.15) is 0 Å². The van der Waals surface area contributed by atoms with Crippen molar-refractivity contribution in [3.8, 4) is 5.75 Å². The molecule has 1 aromatic heterocycles. The predicted octanol–water partition coefficient (Wildman–Crippen LogP) is -0.107. The number of nitrogens with one attached hydrogen (secondary N) is 2. The Bertz CT molecular complexity index is 302. The van der Waals surface area contributed by atoms with E-state index in [1.54, 1.807) is 0 Å². The van der Waals surface area contributed by atoms with Gasteiger partial charge in [-0.2, -0.15) is 5.10 Å². The quantitative estimate of drug-likeness (QED) is 0.424. The molecular formula is C3H3N4O2+. The summed E-state index contributed by atoms with van der Waals surface area (Å²) in [5.74, 6) is -0.877. The lowest BCUT2D eigenvalue weighted by molar-refractivity contribution is 0.473. The van der Waals surface area contributed by atoms with E-state index in [4.69, 9.17) is 10.5 Å². The van der Waals surface area contributed by atoms with Gasteiger partial charge in [0.1, 0.15) is 0 Å². The molecule has 0 saturated carbocycles. The minimum atomic E-state index is -0.706. The smallest absolute Gasteiger partial charge is 0.488 e. The van der Waals surface area contributed by atoms with Crippen molar-refractivity contribution in [2.75, 3.05) is 0 Å². The van der Waals surface area contributed by atoms with E-state index in [1.807, 2.05) is 5.10 Å². The van der Waals surface area contributed by atoms with Crippen molar-refractivity contribution in [1.29, 1.82) is 5.39 Å². The zero-order valence-corrected chi connectivity index (χ0v) is 4.25. The molecule has 0 radical (unpaired) electrons. The maximum Gasteiger partial charge on any atom is 0.488 e. The monoisotopic (exact) mass is 127 g/mol. The van der Waals surface area contributed by atoms with Crippen molar-refractivity contribution in [3.05, 3.63) is 15.3 Å². The van der Waals surface area contributed by atoms with Crippen LogP contribution in [-0.2, 0) is 0 Å². The Labute approximate surface area is 48.7 Å². The Balaban J connectivity index is 3.41. The lowest BCUT2D eigenvalue weighted by Gasteiger charge is -1.65. The third-order valence-corrected chi connectivity index (χ3v) is 0.834. The van der Waals surface area contributed by atoms with E-state index >= 15 is 0 Å². The van der Waals surface area contributed by atoms with Gasteiger partial charge in [-0.05, 0) is 0 Å². The first-order valence-electron chi connectivity index (χ1n) is 2.10. The van der Waals surface area contributed by atoms with Crippen LogP contribution in [0.5, 0.6) is 5.75 Å². The maximum atomic E-state index is 10.3. The highest BCUT2D eigenvalue weighted by Gasteiger charge is 2.16. The number of H-pyrrole nitrogens is 2. The van der Waals surface area contributed by atoms with Gasteiger partial charge in [0.15, 0.2) is 0 Å². The molecule has 0 saturated heterocycles. The zero-order chi connectivity index (χ0) is 6.85. The first-order chi connectivity index (χ1) is 4.25. The van der Waals surface area contributed by atoms with Crippen LogP contribution in [0.2, 0.25) is 0 Å². The van der Waals surface area contributed by atoms with Gasteiger partial charge in [-0.3, -0.25) is 4.79 Å². The SMILES string of the molecule is N#[N+]c1[nH][nH]c(=O)c1O. The maximum absolute atomic E-state index is 10.3. The molecule has 0 atom stereocenters. The molecule has 0 aliphatic heterocycles. The van der Waals surface area contributed by atoms with E-state index in [2.05, 4.69) is 10.1 Å². The average Bonchev–Trinajstić information content (AvgIpc) is 2.15. The molecule has 0 aromatic carbocycles. The number of hydrogen-bond donors (Lipinski definition) is 3. The second-order valence-corrected chi connectivity index (χ2v) is 1.38. The van der Waals surface area contributed by atoms with Crippen LogP contribution in [0.25, 0.3) is 4.98 Å². The summed E-state index contributed by atoms with van der Waals surface area (Å²) in [6.07, 6.45) is 0. The van der Waals surface area contributed by atoms with E-state index in [-0.39, 0.29) is 5.82 Å².